The van der Waals surface area contributed by atoms with Crippen molar-refractivity contribution in [1.29, 1.82) is 0 Å². The van der Waals surface area contributed by atoms with Crippen LogP contribution in [0.5, 0.6) is 0 Å². The van der Waals surface area contributed by atoms with Gasteiger partial charge in [-0.1, -0.05) is 17.7 Å². The second-order valence-corrected chi connectivity index (χ2v) is 5.20. The van der Waals surface area contributed by atoms with Crippen LogP contribution in [0.2, 0.25) is 5.02 Å². The van der Waals surface area contributed by atoms with Crippen molar-refractivity contribution in [2.24, 2.45) is 0 Å². The number of nitro groups is 1. The number of benzene rings is 2. The minimum absolute atomic E-state index is 0.0140. The molecule has 0 atom stereocenters. The van der Waals surface area contributed by atoms with Gasteiger partial charge in [0.05, 0.1) is 11.5 Å². The molecule has 2 aromatic carbocycles. The van der Waals surface area contributed by atoms with E-state index in [-0.39, 0.29) is 17.3 Å². The first kappa shape index (κ1) is 16.7. The van der Waals surface area contributed by atoms with E-state index in [9.17, 15) is 19.3 Å². The second-order valence-electron chi connectivity index (χ2n) is 4.79. The Morgan fingerprint density at radius 1 is 1.26 bits per heavy atom. The molecule has 0 aliphatic carbocycles. The first-order chi connectivity index (χ1) is 10.9. The number of halogens is 2. The van der Waals surface area contributed by atoms with Crippen LogP contribution in [0, 0.1) is 22.9 Å². The van der Waals surface area contributed by atoms with Crippen LogP contribution in [0.4, 0.5) is 21.5 Å². The Labute approximate surface area is 136 Å². The highest BCUT2D eigenvalue weighted by atomic mass is 35.5. The van der Waals surface area contributed by atoms with Crippen molar-refractivity contribution in [3.8, 4) is 0 Å². The van der Waals surface area contributed by atoms with Crippen LogP contribution in [0.15, 0.2) is 36.4 Å². The average Bonchev–Trinajstić information content (AvgIpc) is 2.50. The maximum absolute atomic E-state index is 13.4. The first-order valence-electron chi connectivity index (χ1n) is 6.60. The molecule has 0 aromatic heterocycles. The van der Waals surface area contributed by atoms with Gasteiger partial charge in [0, 0.05) is 17.4 Å². The molecule has 0 heterocycles. The Bertz CT molecular complexity index is 768. The molecule has 23 heavy (non-hydrogen) atoms. The van der Waals surface area contributed by atoms with Crippen LogP contribution < -0.4 is 10.6 Å². The van der Waals surface area contributed by atoms with E-state index in [4.69, 9.17) is 11.6 Å². The molecule has 2 N–H and O–H groups in total. The molecule has 0 fully saturated rings. The number of amides is 1. The molecule has 8 heteroatoms. The maximum Gasteiger partial charge on any atom is 0.289 e. The van der Waals surface area contributed by atoms with Crippen molar-refractivity contribution in [3.05, 3.63) is 62.9 Å². The zero-order valence-corrected chi connectivity index (χ0v) is 12.9. The van der Waals surface area contributed by atoms with E-state index < -0.39 is 16.6 Å². The lowest BCUT2D eigenvalue weighted by atomic mass is 10.2. The highest BCUT2D eigenvalue weighted by Crippen LogP contribution is 2.27. The molecule has 0 unspecified atom stereocenters. The van der Waals surface area contributed by atoms with Crippen LogP contribution >= 0.6 is 11.6 Å². The summed E-state index contributed by atoms with van der Waals surface area (Å²) in [5.74, 6) is -0.824. The minimum Gasteiger partial charge on any atom is -0.376 e. The molecular formula is C15H13ClFN3O3. The van der Waals surface area contributed by atoms with Crippen molar-refractivity contribution < 1.29 is 14.1 Å². The maximum atomic E-state index is 13.4. The van der Waals surface area contributed by atoms with Crippen molar-refractivity contribution in [3.63, 3.8) is 0 Å². The Balaban J connectivity index is 1.97. The molecule has 2 aromatic rings. The third kappa shape index (κ3) is 4.40. The van der Waals surface area contributed by atoms with Crippen LogP contribution in [-0.4, -0.2) is 17.4 Å². The number of nitrogens with one attached hydrogen (secondary N) is 2. The number of carbonyl (C=O) groups is 1. The van der Waals surface area contributed by atoms with E-state index in [0.717, 1.165) is 0 Å². The molecule has 1 amide bonds. The second kappa shape index (κ2) is 7.06. The SMILES string of the molecule is Cc1ccc(NC(=O)CNc2ccc(Cl)c([N+](=O)[O-])c2)cc1F. The quantitative estimate of drug-likeness (QED) is 0.643. The number of rotatable bonds is 5. The van der Waals surface area contributed by atoms with E-state index >= 15 is 0 Å². The normalized spacial score (nSPS) is 10.2. The van der Waals surface area contributed by atoms with Crippen LogP contribution in [0.1, 0.15) is 5.56 Å². The first-order valence-corrected chi connectivity index (χ1v) is 6.98. The molecule has 0 saturated carbocycles. The smallest absolute Gasteiger partial charge is 0.289 e. The molecule has 0 radical (unpaired) electrons. The molecule has 0 aliphatic heterocycles. The minimum atomic E-state index is -0.608. The number of carbonyl (C=O) groups excluding carboxylic acids is 1. The van der Waals surface area contributed by atoms with Crippen LogP contribution in [0.3, 0.4) is 0 Å². The van der Waals surface area contributed by atoms with Gasteiger partial charge >= 0.3 is 0 Å². The lowest BCUT2D eigenvalue weighted by molar-refractivity contribution is -0.384. The molecule has 120 valence electrons. The number of hydrogen-bond acceptors (Lipinski definition) is 4. The van der Waals surface area contributed by atoms with Gasteiger partial charge in [-0.05, 0) is 36.8 Å². The number of hydrogen-bond donors (Lipinski definition) is 2. The van der Waals surface area contributed by atoms with Gasteiger partial charge < -0.3 is 10.6 Å². The summed E-state index contributed by atoms with van der Waals surface area (Å²) in [5, 5.41) is 16.1. The van der Waals surface area contributed by atoms with E-state index in [0.29, 0.717) is 16.9 Å². The summed E-state index contributed by atoms with van der Waals surface area (Å²) in [6, 6.07) is 8.50. The predicted molar refractivity (Wildman–Crippen MR) is 86.4 cm³/mol. The van der Waals surface area contributed by atoms with Crippen molar-refractivity contribution in [2.45, 2.75) is 6.92 Å². The van der Waals surface area contributed by atoms with Gasteiger partial charge in [-0.15, -0.1) is 0 Å². The lowest BCUT2D eigenvalue weighted by Crippen LogP contribution is -2.21. The van der Waals surface area contributed by atoms with Crippen LogP contribution in [0.25, 0.3) is 0 Å². The standard InChI is InChI=1S/C15H13ClFN3O3/c1-9-2-3-11(6-13(9)17)19-15(21)8-18-10-4-5-12(16)14(7-10)20(22)23/h2-7,18H,8H2,1H3,(H,19,21). The third-order valence-corrected chi connectivity index (χ3v) is 3.37. The number of anilines is 2. The monoisotopic (exact) mass is 337 g/mol. The molecule has 0 aliphatic rings. The van der Waals surface area contributed by atoms with Crippen molar-refractivity contribution in [1.82, 2.24) is 0 Å². The van der Waals surface area contributed by atoms with Crippen LogP contribution in [-0.2, 0) is 4.79 Å². The summed E-state index contributed by atoms with van der Waals surface area (Å²) in [6.45, 7) is 1.49. The van der Waals surface area contributed by atoms with Gasteiger partial charge in [-0.25, -0.2) is 4.39 Å². The summed E-state index contributed by atoms with van der Waals surface area (Å²) in [5.41, 5.74) is 0.945. The third-order valence-electron chi connectivity index (χ3n) is 3.05. The van der Waals surface area contributed by atoms with Gasteiger partial charge in [0.15, 0.2) is 0 Å². The fraction of sp³-hybridized carbons (Fsp3) is 0.133. The largest absolute Gasteiger partial charge is 0.376 e. The fourth-order valence-electron chi connectivity index (χ4n) is 1.82. The topological polar surface area (TPSA) is 84.3 Å². The van der Waals surface area contributed by atoms with Gasteiger partial charge in [-0.2, -0.15) is 0 Å². The predicted octanol–water partition coefficient (Wildman–Crippen LogP) is 3.75. The fourth-order valence-corrected chi connectivity index (χ4v) is 2.01. The summed E-state index contributed by atoms with van der Waals surface area (Å²) in [6.07, 6.45) is 0. The summed E-state index contributed by atoms with van der Waals surface area (Å²) >= 11 is 5.70. The summed E-state index contributed by atoms with van der Waals surface area (Å²) in [7, 11) is 0. The zero-order chi connectivity index (χ0) is 17.0. The molecule has 6 nitrogen and oxygen atoms in total. The Morgan fingerprint density at radius 3 is 2.61 bits per heavy atom. The zero-order valence-electron chi connectivity index (χ0n) is 12.1. The molecule has 0 bridgehead atoms. The van der Waals surface area contributed by atoms with Gasteiger partial charge in [0.25, 0.3) is 5.69 Å². The van der Waals surface area contributed by atoms with Gasteiger partial charge in [-0.3, -0.25) is 14.9 Å². The highest BCUT2D eigenvalue weighted by molar-refractivity contribution is 6.32. The van der Waals surface area contributed by atoms with E-state index in [1.165, 1.54) is 24.3 Å². The van der Waals surface area contributed by atoms with Gasteiger partial charge in [0.1, 0.15) is 10.8 Å². The van der Waals surface area contributed by atoms with Crippen molar-refractivity contribution >= 4 is 34.6 Å². The number of nitro benzene ring substituents is 1. The Morgan fingerprint density at radius 2 is 1.96 bits per heavy atom. The van der Waals surface area contributed by atoms with Gasteiger partial charge in [0.2, 0.25) is 5.91 Å². The van der Waals surface area contributed by atoms with Crippen molar-refractivity contribution in [2.75, 3.05) is 17.2 Å². The Kier molecular flexibility index (Phi) is 5.13. The number of nitrogens with zero attached hydrogens (tertiary/aromatic N) is 1. The number of aryl methyl sites for hydroxylation is 1. The summed E-state index contributed by atoms with van der Waals surface area (Å²) < 4.78 is 13.4. The highest BCUT2D eigenvalue weighted by Gasteiger charge is 2.13. The van der Waals surface area contributed by atoms with E-state index in [1.54, 1.807) is 19.1 Å². The average molecular weight is 338 g/mol. The lowest BCUT2D eigenvalue weighted by Gasteiger charge is -2.09. The molecule has 0 spiro atoms. The molecule has 0 saturated heterocycles. The van der Waals surface area contributed by atoms with E-state index in [2.05, 4.69) is 10.6 Å². The molecule has 2 rings (SSSR count). The molecular weight excluding hydrogens is 325 g/mol. The summed E-state index contributed by atoms with van der Waals surface area (Å²) in [4.78, 5) is 22.0. The van der Waals surface area contributed by atoms with E-state index in [1.807, 2.05) is 0 Å². The Hall–Kier alpha value is -2.67.